The Hall–Kier alpha value is -3.14. The summed E-state index contributed by atoms with van der Waals surface area (Å²) in [5, 5.41) is 4.44. The van der Waals surface area contributed by atoms with Gasteiger partial charge in [-0.05, 0) is 56.3 Å². The molecule has 0 unspecified atom stereocenters. The van der Waals surface area contributed by atoms with Gasteiger partial charge in [-0.25, -0.2) is 13.8 Å². The maximum absolute atomic E-state index is 12.7. The summed E-state index contributed by atoms with van der Waals surface area (Å²) < 4.78 is 35.1. The maximum Gasteiger partial charge on any atom is 0.271 e. The molecule has 0 aliphatic heterocycles. The lowest BCUT2D eigenvalue weighted by atomic mass is 10.2. The van der Waals surface area contributed by atoms with Crippen LogP contribution in [0.2, 0.25) is 5.02 Å². The van der Waals surface area contributed by atoms with Crippen LogP contribution in [0, 0.1) is 13.8 Å². The first-order valence-corrected chi connectivity index (χ1v) is 11.9. The average Bonchev–Trinajstić information content (AvgIpc) is 3.04. The number of carbonyl (C=O) groups is 1. The predicted molar refractivity (Wildman–Crippen MR) is 130 cm³/mol. The number of hydrazone groups is 1. The van der Waals surface area contributed by atoms with Gasteiger partial charge in [0.15, 0.2) is 0 Å². The number of anilines is 1. The number of hydrogen-bond donors (Lipinski definition) is 2. The summed E-state index contributed by atoms with van der Waals surface area (Å²) in [6.45, 7) is 5.27. The van der Waals surface area contributed by atoms with Crippen molar-refractivity contribution in [2.24, 2.45) is 5.10 Å². The van der Waals surface area contributed by atoms with E-state index < -0.39 is 15.9 Å². The highest BCUT2D eigenvalue weighted by Crippen LogP contribution is 2.20. The molecule has 2 N–H and O–H groups in total. The predicted octanol–water partition coefficient (Wildman–Crippen LogP) is 3.97. The lowest BCUT2D eigenvalue weighted by Crippen LogP contribution is -2.19. The van der Waals surface area contributed by atoms with Gasteiger partial charge in [-0.3, -0.25) is 9.52 Å². The Bertz CT molecular complexity index is 1290. The number of methoxy groups -OCH3 is 1. The molecule has 8 nitrogen and oxygen atoms in total. The molecular formula is C23H25ClN4O4S. The van der Waals surface area contributed by atoms with Crippen LogP contribution in [-0.4, -0.2) is 38.8 Å². The van der Waals surface area contributed by atoms with Crippen LogP contribution in [0.1, 0.15) is 27.3 Å². The van der Waals surface area contributed by atoms with Crippen LogP contribution in [0.25, 0.3) is 0 Å². The third-order valence-electron chi connectivity index (χ3n) is 4.98. The Labute approximate surface area is 198 Å². The van der Waals surface area contributed by atoms with E-state index in [0.29, 0.717) is 17.3 Å². The number of halogens is 1. The number of rotatable bonds is 9. The van der Waals surface area contributed by atoms with E-state index in [9.17, 15) is 13.2 Å². The summed E-state index contributed by atoms with van der Waals surface area (Å²) in [6.07, 6.45) is 1.56. The summed E-state index contributed by atoms with van der Waals surface area (Å²) in [5.74, 6) is -0.528. The molecular weight excluding hydrogens is 464 g/mol. The summed E-state index contributed by atoms with van der Waals surface area (Å²) in [6, 6.07) is 14.0. The van der Waals surface area contributed by atoms with Gasteiger partial charge in [-0.1, -0.05) is 23.7 Å². The fourth-order valence-corrected chi connectivity index (χ4v) is 4.57. The van der Waals surface area contributed by atoms with E-state index in [0.717, 1.165) is 23.5 Å². The van der Waals surface area contributed by atoms with Gasteiger partial charge >= 0.3 is 0 Å². The Kier molecular flexibility index (Phi) is 7.91. The maximum atomic E-state index is 12.7. The van der Waals surface area contributed by atoms with Gasteiger partial charge in [-0.2, -0.15) is 5.10 Å². The molecule has 0 aliphatic rings. The molecule has 0 spiro atoms. The fraction of sp³-hybridized carbons (Fsp3) is 0.217. The Morgan fingerprint density at radius 1 is 1.15 bits per heavy atom. The van der Waals surface area contributed by atoms with E-state index in [2.05, 4.69) is 19.8 Å². The second-order valence-corrected chi connectivity index (χ2v) is 9.43. The summed E-state index contributed by atoms with van der Waals surface area (Å²) >= 11 is 5.91. The molecule has 1 amide bonds. The second kappa shape index (κ2) is 10.7. The molecule has 2 aromatic carbocycles. The molecule has 33 heavy (non-hydrogen) atoms. The van der Waals surface area contributed by atoms with Crippen LogP contribution < -0.4 is 10.1 Å². The number of aryl methyl sites for hydroxylation is 1. The molecule has 3 rings (SSSR count). The molecule has 0 fully saturated rings. The number of amides is 1. The second-order valence-electron chi connectivity index (χ2n) is 7.31. The first-order valence-electron chi connectivity index (χ1n) is 10.1. The van der Waals surface area contributed by atoms with Gasteiger partial charge in [0.1, 0.15) is 0 Å². The SMILES string of the molecule is COCCn1c(C)cc(/C=N\NC(=O)c2cccc(S(=O)(=O)Nc3cccc(Cl)c3)c2)c1C. The monoisotopic (exact) mass is 488 g/mol. The van der Waals surface area contributed by atoms with E-state index in [1.54, 1.807) is 31.5 Å². The zero-order valence-corrected chi connectivity index (χ0v) is 20.1. The zero-order chi connectivity index (χ0) is 24.0. The minimum atomic E-state index is -3.91. The first-order chi connectivity index (χ1) is 15.7. The van der Waals surface area contributed by atoms with Gasteiger partial charge < -0.3 is 9.30 Å². The Morgan fingerprint density at radius 2 is 1.91 bits per heavy atom. The van der Waals surface area contributed by atoms with Gasteiger partial charge in [0.05, 0.1) is 23.4 Å². The minimum absolute atomic E-state index is 0.0548. The van der Waals surface area contributed by atoms with E-state index in [4.69, 9.17) is 16.3 Å². The fourth-order valence-electron chi connectivity index (χ4n) is 3.28. The molecule has 0 radical (unpaired) electrons. The van der Waals surface area contributed by atoms with Gasteiger partial charge in [0, 0.05) is 41.2 Å². The normalized spacial score (nSPS) is 11.6. The number of aromatic nitrogens is 1. The van der Waals surface area contributed by atoms with Crippen molar-refractivity contribution in [2.75, 3.05) is 18.4 Å². The molecule has 174 valence electrons. The van der Waals surface area contributed by atoms with Crippen LogP contribution in [0.15, 0.2) is 64.6 Å². The number of benzene rings is 2. The highest BCUT2D eigenvalue weighted by atomic mass is 35.5. The number of hydrogen-bond acceptors (Lipinski definition) is 5. The minimum Gasteiger partial charge on any atom is -0.383 e. The Morgan fingerprint density at radius 3 is 2.64 bits per heavy atom. The van der Waals surface area contributed by atoms with Gasteiger partial charge in [0.25, 0.3) is 15.9 Å². The smallest absolute Gasteiger partial charge is 0.271 e. The number of nitrogens with one attached hydrogen (secondary N) is 2. The van der Waals surface area contributed by atoms with Crippen LogP contribution in [0.5, 0.6) is 0 Å². The molecule has 3 aromatic rings. The standard InChI is InChI=1S/C23H25ClN4O4S/c1-16-12-19(17(2)28(16)10-11-32-3)15-25-26-23(29)18-6-4-9-22(13-18)33(30,31)27-21-8-5-7-20(24)14-21/h4-9,12-15,27H,10-11H2,1-3H3,(H,26,29)/b25-15-. The molecule has 1 heterocycles. The van der Waals surface area contributed by atoms with E-state index in [1.165, 1.54) is 30.3 Å². The van der Waals surface area contributed by atoms with Crippen LogP contribution in [0.3, 0.4) is 0 Å². The van der Waals surface area contributed by atoms with Crippen molar-refractivity contribution in [3.8, 4) is 0 Å². The number of carbonyl (C=O) groups excluding carboxylic acids is 1. The van der Waals surface area contributed by atoms with E-state index >= 15 is 0 Å². The Balaban J connectivity index is 1.71. The molecule has 0 saturated heterocycles. The van der Waals surface area contributed by atoms with Crippen molar-refractivity contribution >= 4 is 39.4 Å². The first kappa shape index (κ1) is 24.5. The number of nitrogens with zero attached hydrogens (tertiary/aromatic N) is 2. The lowest BCUT2D eigenvalue weighted by molar-refractivity contribution is 0.0955. The lowest BCUT2D eigenvalue weighted by Gasteiger charge is -2.09. The summed E-state index contributed by atoms with van der Waals surface area (Å²) in [4.78, 5) is 12.5. The summed E-state index contributed by atoms with van der Waals surface area (Å²) in [7, 11) is -2.25. The average molecular weight is 489 g/mol. The van der Waals surface area contributed by atoms with Crippen molar-refractivity contribution in [1.29, 1.82) is 0 Å². The molecule has 1 aromatic heterocycles. The largest absolute Gasteiger partial charge is 0.383 e. The highest BCUT2D eigenvalue weighted by molar-refractivity contribution is 7.92. The zero-order valence-electron chi connectivity index (χ0n) is 18.5. The van der Waals surface area contributed by atoms with Crippen molar-refractivity contribution in [3.63, 3.8) is 0 Å². The molecule has 10 heteroatoms. The van der Waals surface area contributed by atoms with Gasteiger partial charge in [-0.15, -0.1) is 0 Å². The van der Waals surface area contributed by atoms with Crippen LogP contribution >= 0.6 is 11.6 Å². The van der Waals surface area contributed by atoms with E-state index in [1.807, 2.05) is 19.9 Å². The molecule has 0 bridgehead atoms. The quantitative estimate of drug-likeness (QED) is 0.351. The molecule has 0 atom stereocenters. The summed E-state index contributed by atoms with van der Waals surface area (Å²) in [5.41, 5.74) is 5.86. The molecule has 0 saturated carbocycles. The van der Waals surface area contributed by atoms with Crippen molar-refractivity contribution in [1.82, 2.24) is 9.99 Å². The third-order valence-corrected chi connectivity index (χ3v) is 6.60. The van der Waals surface area contributed by atoms with E-state index in [-0.39, 0.29) is 10.5 Å². The van der Waals surface area contributed by atoms with Crippen molar-refractivity contribution < 1.29 is 17.9 Å². The third kappa shape index (κ3) is 6.22. The van der Waals surface area contributed by atoms with Crippen molar-refractivity contribution in [2.45, 2.75) is 25.3 Å². The number of ether oxygens (including phenoxy) is 1. The van der Waals surface area contributed by atoms with Crippen molar-refractivity contribution in [3.05, 3.63) is 82.1 Å². The van der Waals surface area contributed by atoms with Gasteiger partial charge in [0.2, 0.25) is 0 Å². The molecule has 0 aliphatic carbocycles. The van der Waals surface area contributed by atoms with Crippen LogP contribution in [-0.2, 0) is 21.3 Å². The van der Waals surface area contributed by atoms with Crippen LogP contribution in [0.4, 0.5) is 5.69 Å². The topological polar surface area (TPSA) is 102 Å². The number of sulfonamides is 1. The highest BCUT2D eigenvalue weighted by Gasteiger charge is 2.17.